The van der Waals surface area contributed by atoms with E-state index in [0.717, 1.165) is 49.9 Å². The number of morpholine rings is 1. The van der Waals surface area contributed by atoms with Gasteiger partial charge in [0.05, 0.1) is 32.2 Å². The lowest BCUT2D eigenvalue weighted by atomic mass is 10.1. The Balaban J connectivity index is 1.49. The average molecular weight is 391 g/mol. The summed E-state index contributed by atoms with van der Waals surface area (Å²) in [6.07, 6.45) is 2.92. The molecule has 1 aromatic carbocycles. The van der Waals surface area contributed by atoms with E-state index >= 15 is 0 Å². The van der Waals surface area contributed by atoms with Crippen molar-refractivity contribution in [1.82, 2.24) is 25.1 Å². The van der Waals surface area contributed by atoms with Crippen LogP contribution in [0.5, 0.6) is 5.75 Å². The van der Waals surface area contributed by atoms with Crippen molar-refractivity contribution in [1.29, 1.82) is 0 Å². The Bertz CT molecular complexity index is 1000. The molecule has 0 saturated carbocycles. The zero-order chi connectivity index (χ0) is 20.1. The molecule has 1 fully saturated rings. The molecule has 1 saturated heterocycles. The number of nitrogens with one attached hydrogen (secondary N) is 2. The summed E-state index contributed by atoms with van der Waals surface area (Å²) in [5.41, 5.74) is 2.95. The number of benzene rings is 1. The number of anilines is 2. The van der Waals surface area contributed by atoms with E-state index in [1.54, 1.807) is 7.11 Å². The number of hydrogen-bond donors (Lipinski definition) is 2. The summed E-state index contributed by atoms with van der Waals surface area (Å²) in [4.78, 5) is 13.7. The molecule has 9 heteroatoms. The predicted octanol–water partition coefficient (Wildman–Crippen LogP) is 3.00. The van der Waals surface area contributed by atoms with Gasteiger partial charge >= 0.3 is 0 Å². The number of aromatic nitrogens is 4. The van der Waals surface area contributed by atoms with E-state index in [1.165, 1.54) is 18.0 Å². The highest BCUT2D eigenvalue weighted by atomic mass is 16.5. The Kier molecular flexibility index (Phi) is 5.65. The van der Waals surface area contributed by atoms with Gasteiger partial charge in [-0.25, -0.2) is 4.98 Å². The van der Waals surface area contributed by atoms with Gasteiger partial charge in [-0.1, -0.05) is 12.6 Å². The van der Waals surface area contributed by atoms with Crippen LogP contribution < -0.4 is 10.1 Å². The summed E-state index contributed by atoms with van der Waals surface area (Å²) >= 11 is 0. The molecule has 2 N–H and O–H groups in total. The minimum atomic E-state index is 0.250. The smallest absolute Gasteiger partial charge is 0.288 e. The molecular weight excluding hydrogens is 370 g/mol. The summed E-state index contributed by atoms with van der Waals surface area (Å²) in [7, 11) is 1.67. The van der Waals surface area contributed by atoms with Gasteiger partial charge in [-0.3, -0.25) is 10.00 Å². The Morgan fingerprint density at radius 1 is 1.21 bits per heavy atom. The van der Waals surface area contributed by atoms with Crippen molar-refractivity contribution in [2.75, 3.05) is 38.7 Å². The first-order chi connectivity index (χ1) is 14.2. The van der Waals surface area contributed by atoms with Crippen molar-refractivity contribution >= 4 is 17.5 Å². The Labute approximate surface area is 168 Å². The zero-order valence-corrected chi connectivity index (χ0v) is 16.1. The molecule has 3 aromatic rings. The van der Waals surface area contributed by atoms with Crippen molar-refractivity contribution in [3.05, 3.63) is 53.6 Å². The molecule has 29 heavy (non-hydrogen) atoms. The summed E-state index contributed by atoms with van der Waals surface area (Å²) < 4.78 is 11.0. The van der Waals surface area contributed by atoms with Gasteiger partial charge in [0.25, 0.3) is 5.82 Å². The molecule has 0 amide bonds. The highest BCUT2D eigenvalue weighted by molar-refractivity contribution is 5.71. The van der Waals surface area contributed by atoms with Crippen LogP contribution in [-0.4, -0.2) is 58.5 Å². The van der Waals surface area contributed by atoms with Crippen molar-refractivity contribution < 1.29 is 9.47 Å². The third-order valence-electron chi connectivity index (χ3n) is 4.65. The van der Waals surface area contributed by atoms with Crippen molar-refractivity contribution in [2.45, 2.75) is 6.54 Å². The molecule has 4 rings (SSSR count). The third kappa shape index (κ3) is 4.51. The molecule has 0 spiro atoms. The zero-order valence-electron chi connectivity index (χ0n) is 16.1. The van der Waals surface area contributed by atoms with E-state index in [-0.39, 0.29) is 5.82 Å². The molecule has 1 aliphatic heterocycles. The summed E-state index contributed by atoms with van der Waals surface area (Å²) in [5, 5.41) is 10.4. The molecule has 9 nitrogen and oxygen atoms in total. The fraction of sp³-hybridized carbons (Fsp3) is 0.300. The van der Waals surface area contributed by atoms with Crippen LogP contribution in [0.1, 0.15) is 5.56 Å². The number of hydrogen-bond acceptors (Lipinski definition) is 7. The van der Waals surface area contributed by atoms with Crippen LogP contribution in [0.4, 0.5) is 17.5 Å². The van der Waals surface area contributed by atoms with E-state index < -0.39 is 0 Å². The molecule has 3 heterocycles. The number of rotatable bonds is 6. The number of H-pyrrole nitrogens is 1. The minimum Gasteiger partial charge on any atom is -0.496 e. The molecule has 2 aromatic heterocycles. The minimum absolute atomic E-state index is 0.250. The Hall–Kier alpha value is -3.48. The maximum Gasteiger partial charge on any atom is 0.288 e. The fourth-order valence-corrected chi connectivity index (χ4v) is 3.17. The summed E-state index contributed by atoms with van der Waals surface area (Å²) in [6.45, 7) is 11.2. The quantitative estimate of drug-likeness (QED) is 0.624. The van der Waals surface area contributed by atoms with Gasteiger partial charge in [0, 0.05) is 31.3 Å². The molecule has 0 bridgehead atoms. The Morgan fingerprint density at radius 3 is 2.79 bits per heavy atom. The van der Waals surface area contributed by atoms with Crippen molar-refractivity contribution in [3.8, 4) is 17.0 Å². The van der Waals surface area contributed by atoms with Gasteiger partial charge < -0.3 is 19.6 Å². The van der Waals surface area contributed by atoms with E-state index in [0.29, 0.717) is 11.6 Å². The van der Waals surface area contributed by atoms with Crippen LogP contribution in [0.3, 0.4) is 0 Å². The molecular formula is C20H21N7O2. The summed E-state index contributed by atoms with van der Waals surface area (Å²) in [6, 6.07) is 8.09. The molecule has 1 aliphatic rings. The maximum atomic E-state index is 6.92. The second-order valence-corrected chi connectivity index (χ2v) is 6.59. The maximum absolute atomic E-state index is 6.92. The lowest BCUT2D eigenvalue weighted by Crippen LogP contribution is -2.35. The van der Waals surface area contributed by atoms with E-state index in [4.69, 9.17) is 16.0 Å². The SMILES string of the molecule is [C-]#[N+]c1cnc(Nc2cc(-c3ccc(CN4CCOCC4)cc3OC)[nH]n2)cn1. The molecule has 148 valence electrons. The van der Waals surface area contributed by atoms with E-state index in [9.17, 15) is 0 Å². The van der Waals surface area contributed by atoms with Crippen LogP contribution in [0.25, 0.3) is 16.1 Å². The van der Waals surface area contributed by atoms with Crippen LogP contribution in [0.15, 0.2) is 36.7 Å². The highest BCUT2D eigenvalue weighted by Gasteiger charge is 2.14. The molecule has 0 aliphatic carbocycles. The number of ether oxygens (including phenoxy) is 2. The normalized spacial score (nSPS) is 14.3. The summed E-state index contributed by atoms with van der Waals surface area (Å²) in [5.74, 6) is 2.15. The second kappa shape index (κ2) is 8.68. The van der Waals surface area contributed by atoms with Gasteiger partial charge in [0.15, 0.2) is 17.8 Å². The van der Waals surface area contributed by atoms with Crippen molar-refractivity contribution in [3.63, 3.8) is 0 Å². The second-order valence-electron chi connectivity index (χ2n) is 6.59. The largest absolute Gasteiger partial charge is 0.496 e. The lowest BCUT2D eigenvalue weighted by molar-refractivity contribution is 0.0342. The van der Waals surface area contributed by atoms with Crippen LogP contribution in [0.2, 0.25) is 0 Å². The average Bonchev–Trinajstić information content (AvgIpc) is 3.23. The van der Waals surface area contributed by atoms with E-state index in [2.05, 4.69) is 47.4 Å². The van der Waals surface area contributed by atoms with Crippen LogP contribution >= 0.6 is 0 Å². The van der Waals surface area contributed by atoms with Gasteiger partial charge in [-0.05, 0) is 17.7 Å². The van der Waals surface area contributed by atoms with E-state index in [1.807, 2.05) is 12.1 Å². The topological polar surface area (TPSA) is 92.6 Å². The van der Waals surface area contributed by atoms with Gasteiger partial charge in [-0.2, -0.15) is 5.10 Å². The van der Waals surface area contributed by atoms with Crippen LogP contribution in [-0.2, 0) is 11.3 Å². The monoisotopic (exact) mass is 391 g/mol. The third-order valence-corrected chi connectivity index (χ3v) is 4.65. The molecule has 0 unspecified atom stereocenters. The fourth-order valence-electron chi connectivity index (χ4n) is 3.17. The lowest BCUT2D eigenvalue weighted by Gasteiger charge is -2.26. The van der Waals surface area contributed by atoms with Gasteiger partial charge in [0.1, 0.15) is 5.75 Å². The number of methoxy groups -OCH3 is 1. The standard InChI is InChI=1S/C20H21N7O2/c1-21-19-11-23-20(12-22-19)24-18-10-16(25-26-18)15-4-3-14(9-17(15)28-2)13-27-5-7-29-8-6-27/h3-4,9-12H,5-8,13H2,2H3,(H2,23,24,25,26). The first kappa shape index (κ1) is 18.9. The van der Waals surface area contributed by atoms with Gasteiger partial charge in [-0.15, -0.1) is 4.98 Å². The highest BCUT2D eigenvalue weighted by Crippen LogP contribution is 2.31. The molecule has 0 atom stereocenters. The van der Waals surface area contributed by atoms with Crippen LogP contribution in [0, 0.1) is 6.57 Å². The van der Waals surface area contributed by atoms with Gasteiger partial charge in [0.2, 0.25) is 0 Å². The Morgan fingerprint density at radius 2 is 2.07 bits per heavy atom. The first-order valence-electron chi connectivity index (χ1n) is 9.24. The van der Waals surface area contributed by atoms with Crippen molar-refractivity contribution in [2.24, 2.45) is 0 Å². The number of aromatic amines is 1. The number of nitrogens with zero attached hydrogens (tertiary/aromatic N) is 5. The first-order valence-corrected chi connectivity index (χ1v) is 9.24. The molecule has 0 radical (unpaired) electrons. The predicted molar refractivity (Wildman–Crippen MR) is 108 cm³/mol.